The smallest absolute Gasteiger partial charge is 0.326 e. The molecule has 0 aliphatic rings. The molecule has 7 heteroatoms. The molecule has 1 aromatic carbocycles. The van der Waals surface area contributed by atoms with Gasteiger partial charge in [-0.25, -0.2) is 0 Å². The largest absolute Gasteiger partial charge is 0.454 e. The van der Waals surface area contributed by atoms with Crippen molar-refractivity contribution in [2.45, 2.75) is 13.5 Å². The van der Waals surface area contributed by atoms with Crippen LogP contribution in [0.4, 0.5) is 5.69 Å². The van der Waals surface area contributed by atoms with Gasteiger partial charge in [0.2, 0.25) is 0 Å². The van der Waals surface area contributed by atoms with E-state index in [2.05, 4.69) is 5.32 Å². The number of esters is 1. The lowest BCUT2D eigenvalue weighted by Gasteiger charge is -2.09. The van der Waals surface area contributed by atoms with Crippen molar-refractivity contribution < 1.29 is 14.3 Å². The van der Waals surface area contributed by atoms with Crippen LogP contribution in [-0.4, -0.2) is 23.1 Å². The SMILES string of the molecule is Cc1ccc(NC(=O)COC(=O)Cn2ccccc2=O)c(Cl)c1. The number of hydrogen-bond acceptors (Lipinski definition) is 4. The van der Waals surface area contributed by atoms with E-state index in [0.29, 0.717) is 10.7 Å². The number of carbonyl (C=O) groups is 2. The van der Waals surface area contributed by atoms with Gasteiger partial charge in [-0.15, -0.1) is 0 Å². The van der Waals surface area contributed by atoms with Crippen LogP contribution in [0.15, 0.2) is 47.4 Å². The summed E-state index contributed by atoms with van der Waals surface area (Å²) >= 11 is 6.00. The average Bonchev–Trinajstić information content (AvgIpc) is 2.50. The van der Waals surface area contributed by atoms with Crippen LogP contribution in [0.25, 0.3) is 0 Å². The number of hydrogen-bond donors (Lipinski definition) is 1. The van der Waals surface area contributed by atoms with Crippen LogP contribution in [0.1, 0.15) is 5.56 Å². The van der Waals surface area contributed by atoms with Gasteiger partial charge in [0.1, 0.15) is 6.54 Å². The van der Waals surface area contributed by atoms with Crippen LogP contribution < -0.4 is 10.9 Å². The molecule has 0 spiro atoms. The predicted molar refractivity (Wildman–Crippen MR) is 86.5 cm³/mol. The highest BCUT2D eigenvalue weighted by Gasteiger charge is 2.10. The Labute approximate surface area is 137 Å². The number of rotatable bonds is 5. The first-order valence-electron chi connectivity index (χ1n) is 6.83. The fourth-order valence-electron chi connectivity index (χ4n) is 1.83. The number of nitrogens with one attached hydrogen (secondary N) is 1. The zero-order valence-electron chi connectivity index (χ0n) is 12.4. The normalized spacial score (nSPS) is 10.2. The van der Waals surface area contributed by atoms with Crippen molar-refractivity contribution >= 4 is 29.2 Å². The number of carbonyl (C=O) groups excluding carboxylic acids is 2. The number of pyridine rings is 1. The minimum atomic E-state index is -0.677. The van der Waals surface area contributed by atoms with Gasteiger partial charge in [-0.3, -0.25) is 14.4 Å². The number of ether oxygens (including phenoxy) is 1. The van der Waals surface area contributed by atoms with E-state index in [-0.39, 0.29) is 12.1 Å². The Balaban J connectivity index is 1.85. The van der Waals surface area contributed by atoms with Gasteiger partial charge in [0.05, 0.1) is 10.7 Å². The minimum absolute atomic E-state index is 0.252. The van der Waals surface area contributed by atoms with Crippen molar-refractivity contribution in [3.63, 3.8) is 0 Å². The summed E-state index contributed by atoms with van der Waals surface area (Å²) in [5.41, 5.74) is 1.09. The molecule has 23 heavy (non-hydrogen) atoms. The highest BCUT2D eigenvalue weighted by molar-refractivity contribution is 6.33. The molecule has 1 aromatic heterocycles. The van der Waals surface area contributed by atoms with Crippen molar-refractivity contribution in [3.8, 4) is 0 Å². The van der Waals surface area contributed by atoms with E-state index in [1.807, 2.05) is 6.92 Å². The zero-order valence-corrected chi connectivity index (χ0v) is 13.2. The van der Waals surface area contributed by atoms with Crippen molar-refractivity contribution in [2.75, 3.05) is 11.9 Å². The summed E-state index contributed by atoms with van der Waals surface area (Å²) in [4.78, 5) is 34.9. The summed E-state index contributed by atoms with van der Waals surface area (Å²) in [5.74, 6) is -1.19. The van der Waals surface area contributed by atoms with E-state index in [4.69, 9.17) is 16.3 Å². The van der Waals surface area contributed by atoms with Gasteiger partial charge in [-0.1, -0.05) is 23.7 Å². The van der Waals surface area contributed by atoms with E-state index in [0.717, 1.165) is 5.56 Å². The Morgan fingerprint density at radius 1 is 1.26 bits per heavy atom. The van der Waals surface area contributed by atoms with Crippen LogP contribution in [0.5, 0.6) is 0 Å². The molecular formula is C16H15ClN2O4. The third-order valence-electron chi connectivity index (χ3n) is 2.96. The Kier molecular flexibility index (Phi) is 5.54. The molecule has 0 unspecified atom stereocenters. The first kappa shape index (κ1) is 16.8. The molecular weight excluding hydrogens is 320 g/mol. The van der Waals surface area contributed by atoms with Gasteiger partial charge < -0.3 is 14.6 Å². The molecule has 0 saturated carbocycles. The van der Waals surface area contributed by atoms with Crippen molar-refractivity contribution in [1.29, 1.82) is 0 Å². The number of benzene rings is 1. The number of aromatic nitrogens is 1. The molecule has 2 rings (SSSR count). The lowest BCUT2D eigenvalue weighted by Crippen LogP contribution is -2.27. The lowest BCUT2D eigenvalue weighted by atomic mass is 10.2. The van der Waals surface area contributed by atoms with Crippen molar-refractivity contribution in [1.82, 2.24) is 4.57 Å². The monoisotopic (exact) mass is 334 g/mol. The minimum Gasteiger partial charge on any atom is -0.454 e. The highest BCUT2D eigenvalue weighted by Crippen LogP contribution is 2.22. The number of amides is 1. The maximum Gasteiger partial charge on any atom is 0.326 e. The van der Waals surface area contributed by atoms with E-state index in [1.54, 1.807) is 30.3 Å². The predicted octanol–water partition coefficient (Wildman–Crippen LogP) is 1.99. The summed E-state index contributed by atoms with van der Waals surface area (Å²) in [5, 5.41) is 2.95. The Morgan fingerprint density at radius 2 is 2.04 bits per heavy atom. The van der Waals surface area contributed by atoms with Crippen LogP contribution in [-0.2, 0) is 20.9 Å². The third kappa shape index (κ3) is 4.96. The van der Waals surface area contributed by atoms with Crippen LogP contribution in [0.2, 0.25) is 5.02 Å². The Bertz CT molecular complexity index is 786. The van der Waals surface area contributed by atoms with Gasteiger partial charge in [-0.05, 0) is 30.7 Å². The van der Waals surface area contributed by atoms with E-state index >= 15 is 0 Å². The second kappa shape index (κ2) is 7.60. The molecule has 0 radical (unpaired) electrons. The summed E-state index contributed by atoms with van der Waals surface area (Å²) in [6, 6.07) is 9.71. The van der Waals surface area contributed by atoms with Crippen LogP contribution in [0.3, 0.4) is 0 Å². The first-order chi connectivity index (χ1) is 11.0. The molecule has 1 amide bonds. The summed E-state index contributed by atoms with van der Waals surface area (Å²) < 4.78 is 6.04. The van der Waals surface area contributed by atoms with E-state index < -0.39 is 18.5 Å². The number of nitrogens with zero attached hydrogens (tertiary/aromatic N) is 1. The first-order valence-corrected chi connectivity index (χ1v) is 7.20. The fourth-order valence-corrected chi connectivity index (χ4v) is 2.11. The van der Waals surface area contributed by atoms with Crippen molar-refractivity contribution in [2.24, 2.45) is 0 Å². The average molecular weight is 335 g/mol. The fraction of sp³-hybridized carbons (Fsp3) is 0.188. The Hall–Kier alpha value is -2.60. The van der Waals surface area contributed by atoms with Gasteiger partial charge in [-0.2, -0.15) is 0 Å². The topological polar surface area (TPSA) is 77.4 Å². The maximum atomic E-state index is 11.8. The van der Waals surface area contributed by atoms with Gasteiger partial charge >= 0.3 is 5.97 Å². The molecule has 120 valence electrons. The third-order valence-corrected chi connectivity index (χ3v) is 3.27. The molecule has 1 heterocycles. The second-order valence-corrected chi connectivity index (χ2v) is 5.27. The zero-order chi connectivity index (χ0) is 16.8. The molecule has 0 aliphatic heterocycles. The van der Waals surface area contributed by atoms with E-state index in [9.17, 15) is 14.4 Å². The molecule has 0 fully saturated rings. The molecule has 0 bridgehead atoms. The standard InChI is InChI=1S/C16H15ClN2O4/c1-11-5-6-13(12(17)8-11)18-14(20)10-23-16(22)9-19-7-3-2-4-15(19)21/h2-8H,9-10H2,1H3,(H,18,20). The number of halogens is 1. The Morgan fingerprint density at radius 3 is 2.74 bits per heavy atom. The molecule has 0 aliphatic carbocycles. The number of anilines is 1. The summed E-state index contributed by atoms with van der Waals surface area (Å²) in [6.07, 6.45) is 1.47. The van der Waals surface area contributed by atoms with E-state index in [1.165, 1.54) is 16.8 Å². The van der Waals surface area contributed by atoms with Gasteiger partial charge in [0.25, 0.3) is 11.5 Å². The van der Waals surface area contributed by atoms with Crippen LogP contribution >= 0.6 is 11.6 Å². The summed E-state index contributed by atoms with van der Waals surface area (Å²) in [7, 11) is 0. The molecule has 6 nitrogen and oxygen atoms in total. The van der Waals surface area contributed by atoms with Gasteiger partial charge in [0.15, 0.2) is 6.61 Å². The van der Waals surface area contributed by atoms with Crippen molar-refractivity contribution in [3.05, 3.63) is 63.5 Å². The second-order valence-electron chi connectivity index (χ2n) is 4.86. The maximum absolute atomic E-state index is 11.8. The highest BCUT2D eigenvalue weighted by atomic mass is 35.5. The molecule has 2 aromatic rings. The summed E-state index contributed by atoms with van der Waals surface area (Å²) in [6.45, 7) is 1.17. The molecule has 1 N–H and O–H groups in total. The quantitative estimate of drug-likeness (QED) is 0.848. The number of aryl methyl sites for hydroxylation is 1. The molecule has 0 saturated heterocycles. The lowest BCUT2D eigenvalue weighted by molar-refractivity contribution is -0.147. The van der Waals surface area contributed by atoms with Crippen LogP contribution in [0, 0.1) is 6.92 Å². The van der Waals surface area contributed by atoms with Gasteiger partial charge in [0, 0.05) is 12.3 Å². The molecule has 0 atom stereocenters.